The molecule has 0 bridgehead atoms. The van der Waals surface area contributed by atoms with Crippen molar-refractivity contribution in [2.45, 2.75) is 31.3 Å². The fourth-order valence-electron chi connectivity index (χ4n) is 3.64. The minimum absolute atomic E-state index is 0.0820. The van der Waals surface area contributed by atoms with E-state index < -0.39 is 0 Å². The number of hydrogen-bond acceptors (Lipinski definition) is 3. The molecule has 1 atom stereocenters. The van der Waals surface area contributed by atoms with Crippen LogP contribution in [0.5, 0.6) is 11.5 Å². The molecule has 0 aromatic heterocycles. The summed E-state index contributed by atoms with van der Waals surface area (Å²) in [6, 6.07) is 15.4. The van der Waals surface area contributed by atoms with Crippen LogP contribution in [0.25, 0.3) is 0 Å². The lowest BCUT2D eigenvalue weighted by atomic mass is 9.88. The van der Waals surface area contributed by atoms with Crippen LogP contribution in [-0.2, 0) is 6.42 Å². The zero-order valence-electron chi connectivity index (χ0n) is 15.2. The molecule has 4 rings (SSSR count). The minimum Gasteiger partial charge on any atom is -0.493 e. The largest absolute Gasteiger partial charge is 0.493 e. The summed E-state index contributed by atoms with van der Waals surface area (Å²) in [6.45, 7) is 0.889. The van der Waals surface area contributed by atoms with Crippen LogP contribution in [0.1, 0.15) is 35.6 Å². The lowest BCUT2D eigenvalue weighted by Crippen LogP contribution is -2.46. The van der Waals surface area contributed by atoms with Crippen LogP contribution in [0.3, 0.4) is 0 Å². The topological polar surface area (TPSA) is 33.7 Å². The lowest BCUT2D eigenvalue weighted by molar-refractivity contribution is 0.324. The Hall–Kier alpha value is -2.27. The third-order valence-electron chi connectivity index (χ3n) is 5.15. The van der Waals surface area contributed by atoms with Crippen LogP contribution in [-0.4, -0.2) is 36.8 Å². The third-order valence-corrected chi connectivity index (χ3v) is 5.51. The second-order valence-electron chi connectivity index (χ2n) is 6.89. The van der Waals surface area contributed by atoms with Gasteiger partial charge in [0.25, 0.3) is 0 Å². The monoisotopic (exact) mass is 368 g/mol. The Morgan fingerprint density at radius 2 is 1.77 bits per heavy atom. The molecule has 1 saturated carbocycles. The molecule has 0 saturated heterocycles. The highest BCUT2D eigenvalue weighted by Gasteiger charge is 2.33. The molecular weight excluding hydrogens is 344 g/mol. The van der Waals surface area contributed by atoms with E-state index in [4.69, 9.17) is 21.7 Å². The van der Waals surface area contributed by atoms with E-state index in [0.717, 1.165) is 29.6 Å². The van der Waals surface area contributed by atoms with Gasteiger partial charge < -0.3 is 19.7 Å². The first kappa shape index (κ1) is 17.2. The number of benzene rings is 2. The van der Waals surface area contributed by atoms with E-state index in [0.29, 0.717) is 6.04 Å². The number of hydrogen-bond donors (Lipinski definition) is 1. The molecule has 4 nitrogen and oxygen atoms in total. The predicted octanol–water partition coefficient (Wildman–Crippen LogP) is 3.69. The molecule has 5 heteroatoms. The van der Waals surface area contributed by atoms with Crippen molar-refractivity contribution in [2.24, 2.45) is 0 Å². The van der Waals surface area contributed by atoms with Crippen LogP contribution < -0.4 is 14.8 Å². The molecule has 1 fully saturated rings. The first-order valence-electron chi connectivity index (χ1n) is 9.08. The SMILES string of the molecule is COc1cc2c(cc1OC)[C@@H](c1ccccc1)N(C(=S)NC1CC1)CC2. The second kappa shape index (κ2) is 7.16. The average molecular weight is 369 g/mol. The smallest absolute Gasteiger partial charge is 0.169 e. The Morgan fingerprint density at radius 3 is 2.42 bits per heavy atom. The van der Waals surface area contributed by atoms with Gasteiger partial charge in [0, 0.05) is 12.6 Å². The molecule has 1 aliphatic heterocycles. The highest BCUT2D eigenvalue weighted by Crippen LogP contribution is 2.41. The highest BCUT2D eigenvalue weighted by atomic mass is 32.1. The van der Waals surface area contributed by atoms with Crippen molar-refractivity contribution in [3.8, 4) is 11.5 Å². The normalized spacial score (nSPS) is 18.8. The van der Waals surface area contributed by atoms with E-state index in [1.54, 1.807) is 14.2 Å². The highest BCUT2D eigenvalue weighted by molar-refractivity contribution is 7.80. The van der Waals surface area contributed by atoms with Crippen molar-refractivity contribution < 1.29 is 9.47 Å². The molecule has 0 amide bonds. The Morgan fingerprint density at radius 1 is 1.08 bits per heavy atom. The van der Waals surface area contributed by atoms with Crippen molar-refractivity contribution >= 4 is 17.3 Å². The summed E-state index contributed by atoms with van der Waals surface area (Å²) < 4.78 is 11.1. The summed E-state index contributed by atoms with van der Waals surface area (Å²) in [5.74, 6) is 1.54. The Bertz CT molecular complexity index is 805. The van der Waals surface area contributed by atoms with E-state index in [9.17, 15) is 0 Å². The summed E-state index contributed by atoms with van der Waals surface area (Å²) in [4.78, 5) is 2.32. The van der Waals surface area contributed by atoms with E-state index in [-0.39, 0.29) is 6.04 Å². The van der Waals surface area contributed by atoms with Crippen LogP contribution >= 0.6 is 12.2 Å². The fourth-order valence-corrected chi connectivity index (χ4v) is 4.01. The maximum atomic E-state index is 5.77. The molecule has 1 aliphatic carbocycles. The molecule has 1 heterocycles. The van der Waals surface area contributed by atoms with E-state index in [1.807, 2.05) is 6.07 Å². The molecule has 2 aliphatic rings. The molecule has 1 N–H and O–H groups in total. The van der Waals surface area contributed by atoms with Crippen molar-refractivity contribution in [3.05, 3.63) is 59.2 Å². The second-order valence-corrected chi connectivity index (χ2v) is 7.27. The van der Waals surface area contributed by atoms with Crippen LogP contribution in [0.15, 0.2) is 42.5 Å². The van der Waals surface area contributed by atoms with Gasteiger partial charge >= 0.3 is 0 Å². The van der Waals surface area contributed by atoms with E-state index in [1.165, 1.54) is 29.5 Å². The van der Waals surface area contributed by atoms with Crippen molar-refractivity contribution in [1.82, 2.24) is 10.2 Å². The first-order valence-corrected chi connectivity index (χ1v) is 9.49. The van der Waals surface area contributed by atoms with Crippen LogP contribution in [0, 0.1) is 0 Å². The van der Waals surface area contributed by atoms with Gasteiger partial charge in [-0.1, -0.05) is 30.3 Å². The van der Waals surface area contributed by atoms with Crippen molar-refractivity contribution in [2.75, 3.05) is 20.8 Å². The number of fused-ring (bicyclic) bond motifs is 1. The molecule has 26 heavy (non-hydrogen) atoms. The summed E-state index contributed by atoms with van der Waals surface area (Å²) in [7, 11) is 3.37. The summed E-state index contributed by atoms with van der Waals surface area (Å²) in [5.41, 5.74) is 3.77. The van der Waals surface area contributed by atoms with Gasteiger partial charge in [-0.05, 0) is 60.3 Å². The van der Waals surface area contributed by atoms with E-state index in [2.05, 4.69) is 46.6 Å². The summed E-state index contributed by atoms with van der Waals surface area (Å²) in [6.07, 6.45) is 3.36. The van der Waals surface area contributed by atoms with Crippen molar-refractivity contribution in [1.29, 1.82) is 0 Å². The molecular formula is C21H24N2O2S. The van der Waals surface area contributed by atoms with Gasteiger partial charge in [0.1, 0.15) is 0 Å². The predicted molar refractivity (Wildman–Crippen MR) is 107 cm³/mol. The van der Waals surface area contributed by atoms with Crippen LogP contribution in [0.4, 0.5) is 0 Å². The number of rotatable bonds is 4. The Labute approximate surface area is 160 Å². The Balaban J connectivity index is 1.78. The maximum Gasteiger partial charge on any atom is 0.169 e. The van der Waals surface area contributed by atoms with E-state index >= 15 is 0 Å². The number of methoxy groups -OCH3 is 2. The first-order chi connectivity index (χ1) is 12.7. The van der Waals surface area contributed by atoms with Gasteiger partial charge in [-0.3, -0.25) is 0 Å². The molecule has 0 radical (unpaired) electrons. The maximum absolute atomic E-state index is 5.77. The van der Waals surface area contributed by atoms with Crippen LogP contribution in [0.2, 0.25) is 0 Å². The lowest BCUT2D eigenvalue weighted by Gasteiger charge is -2.40. The molecule has 0 unspecified atom stereocenters. The van der Waals surface area contributed by atoms with Gasteiger partial charge in [0.05, 0.1) is 20.3 Å². The summed E-state index contributed by atoms with van der Waals surface area (Å²) >= 11 is 5.77. The molecule has 2 aromatic carbocycles. The van der Waals surface area contributed by atoms with Gasteiger partial charge in [0.15, 0.2) is 16.6 Å². The van der Waals surface area contributed by atoms with Crippen molar-refractivity contribution in [3.63, 3.8) is 0 Å². The standard InChI is InChI=1S/C21H24N2O2S/c1-24-18-12-15-10-11-23(21(26)22-16-8-9-16)20(14-6-4-3-5-7-14)17(15)13-19(18)25-2/h3-7,12-13,16,20H,8-11H2,1-2H3,(H,22,26)/t20-/m1/s1. The molecule has 136 valence electrons. The van der Waals surface area contributed by atoms with Gasteiger partial charge in [-0.25, -0.2) is 0 Å². The Kier molecular flexibility index (Phi) is 4.72. The third kappa shape index (κ3) is 3.23. The zero-order valence-corrected chi connectivity index (χ0v) is 16.0. The minimum atomic E-state index is 0.0820. The number of ether oxygens (including phenoxy) is 2. The molecule has 2 aromatic rings. The fraction of sp³-hybridized carbons (Fsp3) is 0.381. The number of nitrogens with one attached hydrogen (secondary N) is 1. The zero-order chi connectivity index (χ0) is 18.1. The quantitative estimate of drug-likeness (QED) is 0.833. The number of thiocarbonyl (C=S) groups is 1. The summed E-state index contributed by atoms with van der Waals surface area (Å²) in [5, 5.41) is 4.36. The van der Waals surface area contributed by atoms with Gasteiger partial charge in [-0.15, -0.1) is 0 Å². The molecule has 0 spiro atoms. The number of nitrogens with zero attached hydrogens (tertiary/aromatic N) is 1. The average Bonchev–Trinajstić information content (AvgIpc) is 3.50. The van der Waals surface area contributed by atoms with Gasteiger partial charge in [-0.2, -0.15) is 0 Å². The van der Waals surface area contributed by atoms with Gasteiger partial charge in [0.2, 0.25) is 0 Å².